The second-order valence-corrected chi connectivity index (χ2v) is 17.4. The van der Waals surface area contributed by atoms with E-state index in [1.54, 1.807) is 0 Å². The van der Waals surface area contributed by atoms with Gasteiger partial charge in [-0.3, -0.25) is 4.79 Å². The van der Waals surface area contributed by atoms with Gasteiger partial charge in [0.15, 0.2) is 5.78 Å². The minimum absolute atomic E-state index is 0. The van der Waals surface area contributed by atoms with Crippen molar-refractivity contribution in [2.45, 2.75) is 121 Å². The fraction of sp³-hybridized carbons (Fsp3) is 0.417. The minimum Gasteiger partial charge on any atom is -0.512 e. The number of hydrogen-bond acceptors (Lipinski definition) is 3. The molecule has 0 saturated carbocycles. The van der Waals surface area contributed by atoms with Gasteiger partial charge in [0.2, 0.25) is 0 Å². The molecule has 0 fully saturated rings. The van der Waals surface area contributed by atoms with Crippen LogP contribution in [0.15, 0.2) is 84.8 Å². The number of pyridine rings is 1. The number of ketones is 1. The molecule has 1 heterocycles. The number of rotatable bonds is 7. The number of nitrogens with zero attached hydrogens (tertiary/aromatic N) is 1. The largest absolute Gasteiger partial charge is 0.512 e. The monoisotopic (exact) mass is 875 g/mol. The van der Waals surface area contributed by atoms with Crippen molar-refractivity contribution in [2.24, 2.45) is 10.8 Å². The Morgan fingerprint density at radius 3 is 1.81 bits per heavy atom. The number of fused-ring (bicyclic) bond motifs is 3. The molecule has 3 nitrogen and oxygen atoms in total. The van der Waals surface area contributed by atoms with Gasteiger partial charge in [-0.15, -0.1) is 34.9 Å². The number of carbonyl (C=O) groups excluding carboxylic acids is 1. The van der Waals surface area contributed by atoms with E-state index >= 15 is 0 Å². The smallest absolute Gasteiger partial charge is 0.164 e. The summed E-state index contributed by atoms with van der Waals surface area (Å²) in [6.45, 7) is 29.3. The molecule has 279 valence electrons. The van der Waals surface area contributed by atoms with Gasteiger partial charge in [-0.05, 0) is 85.3 Å². The van der Waals surface area contributed by atoms with E-state index in [9.17, 15) is 9.90 Å². The van der Waals surface area contributed by atoms with Crippen LogP contribution in [0.2, 0.25) is 0 Å². The van der Waals surface area contributed by atoms with Gasteiger partial charge in [-0.25, -0.2) is 0 Å². The maximum atomic E-state index is 11.5. The number of aromatic nitrogens is 1. The van der Waals surface area contributed by atoms with Crippen molar-refractivity contribution in [3.8, 4) is 22.4 Å². The van der Waals surface area contributed by atoms with Gasteiger partial charge in [0.1, 0.15) is 5.76 Å². The van der Waals surface area contributed by atoms with E-state index in [-0.39, 0.29) is 37.1 Å². The van der Waals surface area contributed by atoms with Crippen LogP contribution in [0.4, 0.5) is 0 Å². The first-order valence-corrected chi connectivity index (χ1v) is 18.7. The summed E-state index contributed by atoms with van der Waals surface area (Å²) >= 11 is 0. The van der Waals surface area contributed by atoms with Gasteiger partial charge in [0.05, 0.1) is 0 Å². The van der Waals surface area contributed by atoms with Gasteiger partial charge in [0.25, 0.3) is 0 Å². The van der Waals surface area contributed by atoms with Gasteiger partial charge in [0, 0.05) is 43.2 Å². The van der Waals surface area contributed by atoms with E-state index in [2.05, 4.69) is 128 Å². The van der Waals surface area contributed by atoms with Crippen LogP contribution >= 0.6 is 0 Å². The zero-order valence-electron chi connectivity index (χ0n) is 34.0. The Bertz CT molecular complexity index is 2000. The summed E-state index contributed by atoms with van der Waals surface area (Å²) in [4.78, 5) is 16.4. The Morgan fingerprint density at radius 2 is 1.29 bits per heavy atom. The zero-order chi connectivity index (χ0) is 38.0. The summed E-state index contributed by atoms with van der Waals surface area (Å²) < 4.78 is 0. The number of hydrogen-bond donors (Lipinski definition) is 1. The average molecular weight is 875 g/mol. The quantitative estimate of drug-likeness (QED) is 0.0767. The van der Waals surface area contributed by atoms with Crippen molar-refractivity contribution in [3.05, 3.63) is 113 Å². The third-order valence-electron chi connectivity index (χ3n) is 9.66. The molecule has 0 aliphatic rings. The first-order valence-electron chi connectivity index (χ1n) is 18.7. The first-order chi connectivity index (χ1) is 23.7. The molecule has 52 heavy (non-hydrogen) atoms. The number of allylic oxidation sites excluding steroid dienone is 2. The number of aliphatic hydroxyl groups is 1. The van der Waals surface area contributed by atoms with Crippen LogP contribution in [0.3, 0.4) is 0 Å². The van der Waals surface area contributed by atoms with Crippen molar-refractivity contribution < 1.29 is 30.0 Å². The van der Waals surface area contributed by atoms with Crippen molar-refractivity contribution >= 4 is 27.3 Å². The van der Waals surface area contributed by atoms with E-state index < -0.39 is 5.41 Å². The van der Waals surface area contributed by atoms with Crippen LogP contribution < -0.4 is 0 Å². The molecule has 4 aromatic carbocycles. The standard InChI is InChI=1S/C37H40N.C11H20O2.Ir/c1-22(2)28-18-29(23(3)4)20-30(19-28)37-34-15-14-26-12-13-27(21-35(26)33(34)16-17-38-37)36-31(24(5)6)10-9-11-32(36)25(7)8;1-10(2,3)8(12)7-9(13)11(4,5)6;/h9-19,21-25H,1-8H3;7,12H,1-6H3;/q-1;;/b;8-7-;. The fourth-order valence-corrected chi connectivity index (χ4v) is 6.18. The molecule has 0 spiro atoms. The third kappa shape index (κ3) is 9.88. The number of aliphatic hydroxyl groups excluding tert-OH is 1. The summed E-state index contributed by atoms with van der Waals surface area (Å²) in [7, 11) is 0. The second kappa shape index (κ2) is 17.0. The van der Waals surface area contributed by atoms with Gasteiger partial charge < -0.3 is 10.1 Å². The topological polar surface area (TPSA) is 50.2 Å². The van der Waals surface area contributed by atoms with Crippen molar-refractivity contribution in [3.63, 3.8) is 0 Å². The molecule has 1 radical (unpaired) electrons. The summed E-state index contributed by atoms with van der Waals surface area (Å²) in [5, 5.41) is 14.5. The predicted molar refractivity (Wildman–Crippen MR) is 220 cm³/mol. The van der Waals surface area contributed by atoms with Crippen LogP contribution in [0.5, 0.6) is 0 Å². The third-order valence-corrected chi connectivity index (χ3v) is 9.66. The molecule has 0 saturated heterocycles. The van der Waals surface area contributed by atoms with Gasteiger partial charge >= 0.3 is 0 Å². The van der Waals surface area contributed by atoms with Crippen LogP contribution in [-0.2, 0) is 24.9 Å². The van der Waals surface area contributed by atoms with E-state index in [1.807, 2.05) is 47.7 Å². The van der Waals surface area contributed by atoms with Crippen LogP contribution in [-0.4, -0.2) is 15.9 Å². The number of benzene rings is 4. The van der Waals surface area contributed by atoms with Crippen LogP contribution in [0, 0.1) is 16.9 Å². The molecule has 0 aliphatic carbocycles. The maximum Gasteiger partial charge on any atom is 0.164 e. The molecule has 0 amide bonds. The van der Waals surface area contributed by atoms with E-state index in [0.717, 1.165) is 11.3 Å². The Kier molecular flexibility index (Phi) is 14.0. The van der Waals surface area contributed by atoms with E-state index in [4.69, 9.17) is 4.98 Å². The summed E-state index contributed by atoms with van der Waals surface area (Å²) in [5.74, 6) is 1.90. The minimum atomic E-state index is -0.417. The molecule has 1 aromatic heterocycles. The molecular weight excluding hydrogens is 815 g/mol. The molecule has 0 bridgehead atoms. The maximum absolute atomic E-state index is 11.5. The Labute approximate surface area is 327 Å². The average Bonchev–Trinajstić information content (AvgIpc) is 3.06. The van der Waals surface area contributed by atoms with Crippen LogP contribution in [0.1, 0.15) is 143 Å². The zero-order valence-corrected chi connectivity index (χ0v) is 36.3. The summed E-state index contributed by atoms with van der Waals surface area (Å²) in [6, 6.07) is 28.8. The first kappa shape index (κ1) is 42.8. The molecule has 5 rings (SSSR count). The van der Waals surface area contributed by atoms with Gasteiger partial charge in [-0.2, -0.15) is 0 Å². The molecular formula is C48H60IrNO2-. The molecule has 0 atom stereocenters. The fourth-order valence-electron chi connectivity index (χ4n) is 6.18. The summed E-state index contributed by atoms with van der Waals surface area (Å²) in [6.07, 6.45) is 3.30. The molecule has 0 aliphatic heterocycles. The number of carbonyl (C=O) groups is 1. The van der Waals surface area contributed by atoms with Crippen molar-refractivity contribution in [1.29, 1.82) is 0 Å². The SMILES string of the molecule is CC(C)(C)C(=O)/C=C(\O)C(C)(C)C.CC(C)c1[c-]c(-c2nccc3c2ccc2ccc(-c4c(C(C)C)cccc4C(C)C)cc23)cc(C(C)C)c1.[Ir]. The van der Waals surface area contributed by atoms with Crippen molar-refractivity contribution in [2.75, 3.05) is 0 Å². The Balaban J connectivity index is 0.000000447. The van der Waals surface area contributed by atoms with E-state index in [0.29, 0.717) is 23.7 Å². The summed E-state index contributed by atoms with van der Waals surface area (Å²) in [5.41, 5.74) is 9.46. The van der Waals surface area contributed by atoms with Gasteiger partial charge in [-0.1, -0.05) is 139 Å². The van der Waals surface area contributed by atoms with E-state index in [1.165, 1.54) is 61.0 Å². The normalized spacial score (nSPS) is 12.5. The second-order valence-electron chi connectivity index (χ2n) is 17.4. The van der Waals surface area contributed by atoms with Crippen molar-refractivity contribution in [1.82, 2.24) is 4.98 Å². The molecule has 4 heteroatoms. The molecule has 1 N–H and O–H groups in total. The predicted octanol–water partition coefficient (Wildman–Crippen LogP) is 14.1. The van der Waals surface area contributed by atoms with Crippen LogP contribution in [0.25, 0.3) is 43.9 Å². The Morgan fingerprint density at radius 1 is 0.692 bits per heavy atom. The Hall–Kier alpha value is -3.59. The molecule has 5 aromatic rings. The molecule has 0 unspecified atom stereocenters.